The SMILES string of the molecule is CCCC[N+](CCCC)(CCCC)CCCC.[C-]#[O+].[Cl][Pd-]([Cl])[Cl]. The fraction of sp³-hybridized carbons (Fsp3) is 0.941. The zero-order valence-corrected chi connectivity index (χ0v) is 19.1. The van der Waals surface area contributed by atoms with Crippen LogP contribution in [-0.4, -0.2) is 30.7 Å². The molecule has 0 aromatic carbocycles. The molecule has 0 aromatic rings. The van der Waals surface area contributed by atoms with Crippen molar-refractivity contribution in [1.29, 1.82) is 0 Å². The summed E-state index contributed by atoms with van der Waals surface area (Å²) in [6, 6.07) is 0. The van der Waals surface area contributed by atoms with Gasteiger partial charge in [-0.25, -0.2) is 0 Å². The van der Waals surface area contributed by atoms with E-state index in [0.717, 1.165) is 0 Å². The van der Waals surface area contributed by atoms with Crippen molar-refractivity contribution in [3.63, 3.8) is 0 Å². The van der Waals surface area contributed by atoms with Gasteiger partial charge in [-0.15, -0.1) is 0 Å². The Labute approximate surface area is 162 Å². The molecule has 6 heteroatoms. The average Bonchev–Trinajstić information content (AvgIpc) is 2.55. The first kappa shape index (κ1) is 29.0. The number of unbranched alkanes of at least 4 members (excludes halogenated alkanes) is 4. The van der Waals surface area contributed by atoms with Gasteiger partial charge in [0.25, 0.3) is 0 Å². The molecule has 146 valence electrons. The summed E-state index contributed by atoms with van der Waals surface area (Å²) in [5, 5.41) is 0. The summed E-state index contributed by atoms with van der Waals surface area (Å²) in [7, 11) is 14.8. The summed E-state index contributed by atoms with van der Waals surface area (Å²) in [5.74, 6) is 0. The topological polar surface area (TPSA) is 19.9 Å². The Balaban J connectivity index is -0.000000574. The molecule has 0 bridgehead atoms. The fourth-order valence-corrected chi connectivity index (χ4v) is 2.64. The van der Waals surface area contributed by atoms with Crippen molar-refractivity contribution in [3.05, 3.63) is 6.65 Å². The van der Waals surface area contributed by atoms with Crippen molar-refractivity contribution in [2.45, 2.75) is 79.1 Å². The van der Waals surface area contributed by atoms with Crippen molar-refractivity contribution in [2.24, 2.45) is 0 Å². The second-order valence-corrected chi connectivity index (χ2v) is 12.9. The summed E-state index contributed by atoms with van der Waals surface area (Å²) < 4.78 is 8.92. The van der Waals surface area contributed by atoms with Crippen LogP contribution in [-0.2, 0) is 18.3 Å². The number of nitrogens with zero attached hydrogens (tertiary/aromatic N) is 1. The predicted octanol–water partition coefficient (Wildman–Crippen LogP) is 7.03. The molecule has 0 aromatic heterocycles. The Morgan fingerprint density at radius 1 is 0.652 bits per heavy atom. The van der Waals surface area contributed by atoms with Crippen molar-refractivity contribution >= 4 is 28.6 Å². The van der Waals surface area contributed by atoms with Crippen molar-refractivity contribution < 1.29 is 22.8 Å². The molecule has 0 saturated heterocycles. The van der Waals surface area contributed by atoms with Gasteiger partial charge >= 0.3 is 53.6 Å². The Hall–Kier alpha value is 1.23. The van der Waals surface area contributed by atoms with Gasteiger partial charge in [-0.1, -0.05) is 53.4 Å². The Kier molecular flexibility index (Phi) is 29.3. The molecule has 0 N–H and O–H groups in total. The van der Waals surface area contributed by atoms with Gasteiger partial charge < -0.3 is 4.48 Å². The number of hydrogen-bond acceptors (Lipinski definition) is 0. The molecule has 23 heavy (non-hydrogen) atoms. The quantitative estimate of drug-likeness (QED) is 0.123. The van der Waals surface area contributed by atoms with Gasteiger partial charge in [-0.3, -0.25) is 0 Å². The van der Waals surface area contributed by atoms with E-state index in [2.05, 4.69) is 34.3 Å². The van der Waals surface area contributed by atoms with E-state index < -0.39 is 13.7 Å². The standard InChI is InChI=1S/C16H36N.CO.3ClH.Pd/c1-5-9-13-17(14-10-6-2,15-11-7-3)16-12-8-4;1-2;;;;/h5-16H2,1-4H3;;3*1H;/q+1;;;;;+2/p-3. The van der Waals surface area contributed by atoms with Crippen LogP contribution in [0.3, 0.4) is 0 Å². The summed E-state index contributed by atoms with van der Waals surface area (Å²) in [4.78, 5) is 0. The molecule has 0 aliphatic heterocycles. The van der Waals surface area contributed by atoms with Gasteiger partial charge in [0.15, 0.2) is 0 Å². The third-order valence-corrected chi connectivity index (χ3v) is 3.94. The summed E-state index contributed by atoms with van der Waals surface area (Å²) in [5.41, 5.74) is 0. The molecule has 0 aliphatic rings. The van der Waals surface area contributed by atoms with Gasteiger partial charge in [0.1, 0.15) is 0 Å². The Morgan fingerprint density at radius 3 is 0.957 bits per heavy atom. The Bertz CT molecular complexity index is 201. The van der Waals surface area contributed by atoms with Gasteiger partial charge in [0.05, 0.1) is 26.2 Å². The monoisotopic (exact) mass is 481 g/mol. The first-order valence-electron chi connectivity index (χ1n) is 8.66. The molecule has 0 heterocycles. The average molecular weight is 483 g/mol. The maximum atomic E-state index is 7.50. The van der Waals surface area contributed by atoms with E-state index in [9.17, 15) is 0 Å². The third kappa shape index (κ3) is 23.2. The molecule has 0 aliphatic carbocycles. The summed E-state index contributed by atoms with van der Waals surface area (Å²) in [6.45, 7) is 19.5. The van der Waals surface area contributed by atoms with Crippen LogP contribution in [0, 0.1) is 6.65 Å². The van der Waals surface area contributed by atoms with E-state index in [1.54, 1.807) is 0 Å². The van der Waals surface area contributed by atoms with Crippen LogP contribution in [0.4, 0.5) is 0 Å². The Morgan fingerprint density at radius 2 is 0.826 bits per heavy atom. The van der Waals surface area contributed by atoms with Crippen LogP contribution in [0.25, 0.3) is 0 Å². The first-order chi connectivity index (χ1) is 11.0. The zero-order chi connectivity index (χ0) is 18.6. The van der Waals surface area contributed by atoms with E-state index in [-0.39, 0.29) is 0 Å². The van der Waals surface area contributed by atoms with Crippen LogP contribution in [0.1, 0.15) is 79.1 Å². The van der Waals surface area contributed by atoms with Crippen molar-refractivity contribution in [3.8, 4) is 0 Å². The number of rotatable bonds is 12. The second-order valence-electron chi connectivity index (χ2n) is 5.79. The molecule has 0 amide bonds. The zero-order valence-electron chi connectivity index (χ0n) is 15.3. The maximum absolute atomic E-state index is 7.50. The van der Waals surface area contributed by atoms with Crippen LogP contribution >= 0.6 is 28.6 Å². The normalized spacial score (nSPS) is 10.9. The van der Waals surface area contributed by atoms with Crippen molar-refractivity contribution in [1.82, 2.24) is 0 Å². The minimum atomic E-state index is -1.57. The predicted molar refractivity (Wildman–Crippen MR) is 101 cm³/mol. The summed E-state index contributed by atoms with van der Waals surface area (Å²) >= 11 is -1.57. The second kappa shape index (κ2) is 23.2. The van der Waals surface area contributed by atoms with Crippen LogP contribution < -0.4 is 0 Å². The van der Waals surface area contributed by atoms with Gasteiger partial charge in [0, 0.05) is 0 Å². The molecule has 0 atom stereocenters. The fourth-order valence-electron chi connectivity index (χ4n) is 2.64. The van der Waals surface area contributed by atoms with E-state index >= 15 is 0 Å². The molecule has 0 radical (unpaired) electrons. The van der Waals surface area contributed by atoms with Gasteiger partial charge in [-0.2, -0.15) is 0 Å². The van der Waals surface area contributed by atoms with E-state index in [0.29, 0.717) is 0 Å². The number of quaternary nitrogens is 1. The number of hydrogen-bond donors (Lipinski definition) is 0. The van der Waals surface area contributed by atoms with E-state index in [1.165, 1.54) is 82.0 Å². The molecule has 0 saturated carbocycles. The summed E-state index contributed by atoms with van der Waals surface area (Å²) in [6.07, 6.45) is 11.1. The minimum absolute atomic E-state index is 1.35. The van der Waals surface area contributed by atoms with Crippen LogP contribution in [0.2, 0.25) is 0 Å². The van der Waals surface area contributed by atoms with Gasteiger partial charge in [-0.05, 0) is 25.7 Å². The van der Waals surface area contributed by atoms with Crippen molar-refractivity contribution in [2.75, 3.05) is 26.2 Å². The van der Waals surface area contributed by atoms with E-state index in [1.807, 2.05) is 0 Å². The number of halogens is 3. The van der Waals surface area contributed by atoms with Crippen LogP contribution in [0.5, 0.6) is 0 Å². The molecule has 0 rings (SSSR count). The third-order valence-electron chi connectivity index (χ3n) is 3.94. The molecule has 0 spiro atoms. The molecular formula is C17H36Cl3NOPd. The molecule has 0 fully saturated rings. The first-order valence-corrected chi connectivity index (χ1v) is 14.7. The molecule has 0 unspecified atom stereocenters. The van der Waals surface area contributed by atoms with Crippen LogP contribution in [0.15, 0.2) is 0 Å². The van der Waals surface area contributed by atoms with E-state index in [4.69, 9.17) is 33.2 Å². The molecular weight excluding hydrogens is 447 g/mol. The van der Waals surface area contributed by atoms with Gasteiger partial charge in [0.2, 0.25) is 0 Å². The molecule has 2 nitrogen and oxygen atoms in total.